The Morgan fingerprint density at radius 1 is 0.889 bits per heavy atom. The van der Waals surface area contributed by atoms with Crippen LogP contribution >= 0.6 is 0 Å². The lowest BCUT2D eigenvalue weighted by molar-refractivity contribution is -0.131. The molecule has 0 amide bonds. The fraction of sp³-hybridized carbons (Fsp3) is 0.594. The highest BCUT2D eigenvalue weighted by Gasteiger charge is 2.22. The van der Waals surface area contributed by atoms with E-state index in [1.165, 1.54) is 101 Å². The van der Waals surface area contributed by atoms with Crippen molar-refractivity contribution in [2.75, 3.05) is 0 Å². The highest BCUT2D eigenvalue weighted by molar-refractivity contribution is 5.79. The summed E-state index contributed by atoms with van der Waals surface area (Å²) in [6, 6.07) is 9.01. The number of carboxylic acids is 1. The van der Waals surface area contributed by atoms with Gasteiger partial charge in [0.05, 0.1) is 0 Å². The molecule has 36 heavy (non-hydrogen) atoms. The number of unbranched alkanes of at least 4 members (excludes halogenated alkanes) is 8. The molecular formula is C32H46N2O2. The third-order valence-corrected chi connectivity index (χ3v) is 7.75. The molecule has 4 heteroatoms. The monoisotopic (exact) mass is 490 g/mol. The van der Waals surface area contributed by atoms with Crippen LogP contribution in [-0.4, -0.2) is 21.0 Å². The Labute approximate surface area is 218 Å². The summed E-state index contributed by atoms with van der Waals surface area (Å²) in [6.07, 6.45) is 27.1. The zero-order valence-electron chi connectivity index (χ0n) is 22.3. The van der Waals surface area contributed by atoms with Crippen molar-refractivity contribution in [1.82, 2.24) is 9.97 Å². The van der Waals surface area contributed by atoms with E-state index in [2.05, 4.69) is 41.2 Å². The molecule has 0 atom stereocenters. The highest BCUT2D eigenvalue weighted by Crippen LogP contribution is 2.38. The van der Waals surface area contributed by atoms with Crippen LogP contribution in [0.25, 0.3) is 11.4 Å². The second-order valence-corrected chi connectivity index (χ2v) is 10.7. The number of aryl methyl sites for hydroxylation is 1. The van der Waals surface area contributed by atoms with E-state index >= 15 is 0 Å². The molecule has 1 aliphatic rings. The molecule has 1 aromatic carbocycles. The number of aliphatic carboxylic acids is 1. The molecule has 0 bridgehead atoms. The molecule has 1 saturated carbocycles. The van der Waals surface area contributed by atoms with Crippen LogP contribution < -0.4 is 0 Å². The van der Waals surface area contributed by atoms with E-state index < -0.39 is 5.97 Å². The van der Waals surface area contributed by atoms with Crippen molar-refractivity contribution in [2.24, 2.45) is 5.92 Å². The first-order valence-electron chi connectivity index (χ1n) is 14.5. The Kier molecular flexibility index (Phi) is 12.7. The maximum atomic E-state index is 10.4. The Bertz CT molecular complexity index is 897. The fourth-order valence-corrected chi connectivity index (χ4v) is 5.49. The minimum atomic E-state index is -0.841. The van der Waals surface area contributed by atoms with Gasteiger partial charge in [0.2, 0.25) is 0 Å². The van der Waals surface area contributed by atoms with Crippen LogP contribution in [0, 0.1) is 5.92 Å². The van der Waals surface area contributed by atoms with Gasteiger partial charge in [0.25, 0.3) is 0 Å². The van der Waals surface area contributed by atoms with Gasteiger partial charge in [0, 0.05) is 24.0 Å². The topological polar surface area (TPSA) is 63.1 Å². The number of aromatic nitrogens is 2. The Morgan fingerprint density at radius 2 is 1.56 bits per heavy atom. The van der Waals surface area contributed by atoms with E-state index in [4.69, 9.17) is 5.11 Å². The SMILES string of the molecule is CCCCCc1cnc(-c2ccc([C@H]3CC[C@H](CCCCCCCC/C=C/C(=O)O)CC3)cc2)nc1. The van der Waals surface area contributed by atoms with Crippen LogP contribution in [0.1, 0.15) is 120 Å². The molecule has 0 spiro atoms. The Morgan fingerprint density at radius 3 is 2.22 bits per heavy atom. The summed E-state index contributed by atoms with van der Waals surface area (Å²) in [5, 5.41) is 8.58. The molecule has 0 saturated heterocycles. The molecule has 0 radical (unpaired) electrons. The molecule has 0 aliphatic heterocycles. The second kappa shape index (κ2) is 16.3. The number of nitrogens with zero attached hydrogens (tertiary/aromatic N) is 2. The fourth-order valence-electron chi connectivity index (χ4n) is 5.49. The van der Waals surface area contributed by atoms with E-state index in [0.29, 0.717) is 5.92 Å². The van der Waals surface area contributed by atoms with E-state index in [-0.39, 0.29) is 0 Å². The lowest BCUT2D eigenvalue weighted by Gasteiger charge is -2.29. The van der Waals surface area contributed by atoms with Crippen LogP contribution in [-0.2, 0) is 11.2 Å². The van der Waals surface area contributed by atoms with Gasteiger partial charge >= 0.3 is 5.97 Å². The van der Waals surface area contributed by atoms with Crippen LogP contribution in [0.2, 0.25) is 0 Å². The summed E-state index contributed by atoms with van der Waals surface area (Å²) in [4.78, 5) is 19.7. The van der Waals surface area contributed by atoms with Gasteiger partial charge in [0.15, 0.2) is 5.82 Å². The van der Waals surface area contributed by atoms with Crippen molar-refractivity contribution in [1.29, 1.82) is 0 Å². The summed E-state index contributed by atoms with van der Waals surface area (Å²) in [7, 11) is 0. The van der Waals surface area contributed by atoms with Gasteiger partial charge in [-0.1, -0.05) is 88.6 Å². The smallest absolute Gasteiger partial charge is 0.327 e. The van der Waals surface area contributed by atoms with Gasteiger partial charge in [-0.3, -0.25) is 0 Å². The van der Waals surface area contributed by atoms with Crippen molar-refractivity contribution in [2.45, 2.75) is 116 Å². The number of hydrogen-bond donors (Lipinski definition) is 1. The summed E-state index contributed by atoms with van der Waals surface area (Å²) < 4.78 is 0. The molecule has 1 heterocycles. The van der Waals surface area contributed by atoms with Crippen molar-refractivity contribution >= 4 is 5.97 Å². The molecule has 1 aromatic heterocycles. The molecular weight excluding hydrogens is 444 g/mol. The van der Waals surface area contributed by atoms with Crippen LogP contribution in [0.15, 0.2) is 48.8 Å². The first kappa shape index (κ1) is 28.1. The molecule has 1 aliphatic carbocycles. The third kappa shape index (κ3) is 10.2. The number of allylic oxidation sites excluding steroid dienone is 1. The first-order valence-corrected chi connectivity index (χ1v) is 14.5. The van der Waals surface area contributed by atoms with Crippen molar-refractivity contribution in [3.05, 3.63) is 59.9 Å². The van der Waals surface area contributed by atoms with Crippen LogP contribution in [0.3, 0.4) is 0 Å². The van der Waals surface area contributed by atoms with Crippen LogP contribution in [0.5, 0.6) is 0 Å². The minimum absolute atomic E-state index is 0.701. The number of benzene rings is 1. The number of rotatable bonds is 16. The molecule has 196 valence electrons. The van der Waals surface area contributed by atoms with E-state index in [0.717, 1.165) is 36.6 Å². The summed E-state index contributed by atoms with van der Waals surface area (Å²) in [5.41, 5.74) is 3.83. The zero-order chi connectivity index (χ0) is 25.4. The zero-order valence-corrected chi connectivity index (χ0v) is 22.3. The van der Waals surface area contributed by atoms with Gasteiger partial charge in [-0.05, 0) is 74.3 Å². The maximum absolute atomic E-state index is 10.4. The first-order chi connectivity index (χ1) is 17.7. The largest absolute Gasteiger partial charge is 0.478 e. The summed E-state index contributed by atoms with van der Waals surface area (Å²) in [6.45, 7) is 2.23. The van der Waals surface area contributed by atoms with E-state index in [1.807, 2.05) is 12.4 Å². The van der Waals surface area contributed by atoms with Gasteiger partial charge in [-0.25, -0.2) is 14.8 Å². The predicted octanol–water partition coefficient (Wildman–Crippen LogP) is 8.91. The lowest BCUT2D eigenvalue weighted by Crippen LogP contribution is -2.13. The molecule has 1 fully saturated rings. The number of carboxylic acid groups (broad SMARTS) is 1. The average Bonchev–Trinajstić information content (AvgIpc) is 2.91. The Hall–Kier alpha value is -2.49. The van der Waals surface area contributed by atoms with Gasteiger partial charge in [-0.15, -0.1) is 0 Å². The molecule has 3 rings (SSSR count). The van der Waals surface area contributed by atoms with E-state index in [9.17, 15) is 4.79 Å². The van der Waals surface area contributed by atoms with Gasteiger partial charge < -0.3 is 5.11 Å². The third-order valence-electron chi connectivity index (χ3n) is 7.75. The van der Waals surface area contributed by atoms with Crippen molar-refractivity contribution < 1.29 is 9.90 Å². The maximum Gasteiger partial charge on any atom is 0.327 e. The van der Waals surface area contributed by atoms with Gasteiger partial charge in [-0.2, -0.15) is 0 Å². The van der Waals surface area contributed by atoms with Gasteiger partial charge in [0.1, 0.15) is 0 Å². The van der Waals surface area contributed by atoms with Crippen molar-refractivity contribution in [3.8, 4) is 11.4 Å². The normalized spacial score (nSPS) is 18.0. The minimum Gasteiger partial charge on any atom is -0.478 e. The standard InChI is InChI=1S/C32H46N2O2/c1-2-3-10-14-27-24-33-32(34-25-27)30-22-20-29(21-23-30)28-18-16-26(17-19-28)13-11-8-6-4-5-7-9-12-15-31(35)36/h12,15,20-26,28H,2-11,13-14,16-19H2,1H3,(H,35,36)/b15-12+/t26-,28-. The Balaban J connectivity index is 1.29. The van der Waals surface area contributed by atoms with Crippen molar-refractivity contribution in [3.63, 3.8) is 0 Å². The summed E-state index contributed by atoms with van der Waals surface area (Å²) in [5.74, 6) is 1.60. The predicted molar refractivity (Wildman–Crippen MR) is 149 cm³/mol. The number of carbonyl (C=O) groups is 1. The molecule has 2 aromatic rings. The highest BCUT2D eigenvalue weighted by atomic mass is 16.4. The van der Waals surface area contributed by atoms with E-state index in [1.54, 1.807) is 6.08 Å². The second-order valence-electron chi connectivity index (χ2n) is 10.7. The summed E-state index contributed by atoms with van der Waals surface area (Å²) >= 11 is 0. The molecule has 1 N–H and O–H groups in total. The average molecular weight is 491 g/mol. The molecule has 0 unspecified atom stereocenters. The molecule has 4 nitrogen and oxygen atoms in total. The lowest BCUT2D eigenvalue weighted by atomic mass is 9.77. The van der Waals surface area contributed by atoms with Crippen LogP contribution in [0.4, 0.5) is 0 Å². The quantitative estimate of drug-likeness (QED) is 0.188. The number of hydrogen-bond acceptors (Lipinski definition) is 3.